The Hall–Kier alpha value is -0.390. The lowest BCUT2D eigenvalue weighted by Gasteiger charge is -2.30. The van der Waals surface area contributed by atoms with E-state index in [9.17, 15) is 9.90 Å². The first kappa shape index (κ1) is 14.0. The minimum Gasteiger partial charge on any atom is -0.391 e. The van der Waals surface area contributed by atoms with Crippen LogP contribution in [0.4, 0.5) is 0 Å². The van der Waals surface area contributed by atoms with E-state index in [2.05, 4.69) is 27.4 Å². The van der Waals surface area contributed by atoms with Gasteiger partial charge in [-0.3, -0.25) is 4.79 Å². The van der Waals surface area contributed by atoms with E-state index in [1.807, 2.05) is 0 Å². The first-order valence-electron chi connectivity index (χ1n) is 6.34. The Labute approximate surface area is 120 Å². The summed E-state index contributed by atoms with van der Waals surface area (Å²) in [6.07, 6.45) is 3.85. The Bertz CT molecular complexity index is 407. The van der Waals surface area contributed by atoms with E-state index in [1.165, 1.54) is 4.88 Å². The van der Waals surface area contributed by atoms with Crippen molar-refractivity contribution in [3.8, 4) is 0 Å². The fourth-order valence-electron chi connectivity index (χ4n) is 2.24. The lowest BCUT2D eigenvalue weighted by molar-refractivity contribution is -0.134. The van der Waals surface area contributed by atoms with Crippen LogP contribution in [0.2, 0.25) is 0 Å². The fourth-order valence-corrected chi connectivity index (χ4v) is 3.74. The van der Waals surface area contributed by atoms with Crippen molar-refractivity contribution in [1.82, 2.24) is 4.90 Å². The molecule has 1 aromatic heterocycles. The predicted octanol–water partition coefficient (Wildman–Crippen LogP) is 2.82. The molecule has 1 atom stereocenters. The van der Waals surface area contributed by atoms with Crippen LogP contribution in [0.5, 0.6) is 0 Å². The minimum atomic E-state index is -0.323. The number of aryl methyl sites for hydroxylation is 1. The van der Waals surface area contributed by atoms with Gasteiger partial charge in [0, 0.05) is 34.2 Å². The van der Waals surface area contributed by atoms with Crippen LogP contribution in [-0.2, 0) is 11.2 Å². The molecule has 0 spiro atoms. The van der Waals surface area contributed by atoms with Gasteiger partial charge in [-0.1, -0.05) is 0 Å². The van der Waals surface area contributed by atoms with Gasteiger partial charge in [0.15, 0.2) is 0 Å². The molecule has 1 aliphatic rings. The second-order valence-electron chi connectivity index (χ2n) is 4.72. The van der Waals surface area contributed by atoms with E-state index >= 15 is 0 Å². The molecule has 0 saturated carbocycles. The highest BCUT2D eigenvalue weighted by molar-refractivity contribution is 9.10. The highest BCUT2D eigenvalue weighted by atomic mass is 79.9. The number of nitrogens with zero attached hydrogens (tertiary/aromatic N) is 1. The molecule has 3 nitrogen and oxygen atoms in total. The fraction of sp³-hybridized carbons (Fsp3) is 0.615. The number of carbonyl (C=O) groups excluding carboxylic acids is 1. The zero-order valence-electron chi connectivity index (χ0n) is 10.3. The van der Waals surface area contributed by atoms with Gasteiger partial charge in [0.25, 0.3) is 0 Å². The smallest absolute Gasteiger partial charge is 0.222 e. The lowest BCUT2D eigenvalue weighted by atomic mass is 10.1. The number of likely N-dealkylation sites (tertiary alicyclic amines) is 1. The van der Waals surface area contributed by atoms with Gasteiger partial charge in [-0.15, -0.1) is 11.3 Å². The van der Waals surface area contributed by atoms with E-state index in [1.54, 1.807) is 16.2 Å². The molecule has 1 aromatic rings. The van der Waals surface area contributed by atoms with Gasteiger partial charge in [-0.05, 0) is 47.7 Å². The molecule has 1 amide bonds. The zero-order valence-corrected chi connectivity index (χ0v) is 12.7. The molecular weight excluding hydrogens is 314 g/mol. The third-order valence-electron chi connectivity index (χ3n) is 3.18. The molecule has 2 heterocycles. The molecule has 18 heavy (non-hydrogen) atoms. The molecule has 100 valence electrons. The van der Waals surface area contributed by atoms with Crippen LogP contribution in [0, 0.1) is 0 Å². The third kappa shape index (κ3) is 4.07. The van der Waals surface area contributed by atoms with Crippen molar-refractivity contribution < 1.29 is 9.90 Å². The first-order chi connectivity index (χ1) is 8.65. The highest BCUT2D eigenvalue weighted by Gasteiger charge is 2.21. The molecule has 1 N–H and O–H groups in total. The summed E-state index contributed by atoms with van der Waals surface area (Å²) in [6, 6.07) is 2.11. The number of halogens is 1. The first-order valence-corrected chi connectivity index (χ1v) is 8.01. The van der Waals surface area contributed by atoms with Gasteiger partial charge in [0.05, 0.1) is 6.10 Å². The van der Waals surface area contributed by atoms with Crippen LogP contribution >= 0.6 is 27.3 Å². The number of hydrogen-bond donors (Lipinski definition) is 1. The quantitative estimate of drug-likeness (QED) is 0.921. The van der Waals surface area contributed by atoms with Gasteiger partial charge in [-0.25, -0.2) is 0 Å². The maximum absolute atomic E-state index is 11.9. The molecule has 0 radical (unpaired) electrons. The van der Waals surface area contributed by atoms with Gasteiger partial charge < -0.3 is 10.0 Å². The van der Waals surface area contributed by atoms with Crippen molar-refractivity contribution >= 4 is 33.2 Å². The number of β-amino-alcohol motifs (C(OH)–C–C–N with tert-alkyl or cyclic N) is 1. The number of aliphatic hydroxyl groups is 1. The van der Waals surface area contributed by atoms with Crippen LogP contribution in [0.15, 0.2) is 15.9 Å². The van der Waals surface area contributed by atoms with Crippen molar-refractivity contribution in [3.05, 3.63) is 20.8 Å². The van der Waals surface area contributed by atoms with Crippen molar-refractivity contribution in [3.63, 3.8) is 0 Å². The predicted molar refractivity (Wildman–Crippen MR) is 76.8 cm³/mol. The summed E-state index contributed by atoms with van der Waals surface area (Å²) >= 11 is 5.16. The summed E-state index contributed by atoms with van der Waals surface area (Å²) in [5.74, 6) is 0.185. The molecule has 2 rings (SSSR count). The monoisotopic (exact) mass is 331 g/mol. The standard InChI is InChI=1S/C13H18BrNO2S/c14-10-7-12(18-9-10)4-1-5-13(17)15-6-2-3-11(16)8-15/h7,9,11,16H,1-6,8H2. The molecule has 1 unspecified atom stereocenters. The number of aliphatic hydroxyl groups excluding tert-OH is 1. The van der Waals surface area contributed by atoms with Crippen LogP contribution < -0.4 is 0 Å². The molecule has 0 aromatic carbocycles. The second kappa shape index (κ2) is 6.68. The number of carbonyl (C=O) groups is 1. The van der Waals surface area contributed by atoms with Crippen LogP contribution in [0.25, 0.3) is 0 Å². The average Bonchev–Trinajstić information content (AvgIpc) is 2.75. The largest absolute Gasteiger partial charge is 0.391 e. The molecular formula is C13H18BrNO2S. The summed E-state index contributed by atoms with van der Waals surface area (Å²) in [7, 11) is 0. The van der Waals surface area contributed by atoms with Crippen molar-refractivity contribution in [2.45, 2.75) is 38.2 Å². The maximum Gasteiger partial charge on any atom is 0.222 e. The summed E-state index contributed by atoms with van der Waals surface area (Å²) in [4.78, 5) is 15.1. The number of rotatable bonds is 4. The van der Waals surface area contributed by atoms with Gasteiger partial charge in [0.2, 0.25) is 5.91 Å². The van der Waals surface area contributed by atoms with Gasteiger partial charge in [-0.2, -0.15) is 0 Å². The molecule has 5 heteroatoms. The van der Waals surface area contributed by atoms with Gasteiger partial charge >= 0.3 is 0 Å². The van der Waals surface area contributed by atoms with Crippen molar-refractivity contribution in [2.24, 2.45) is 0 Å². The van der Waals surface area contributed by atoms with Crippen molar-refractivity contribution in [2.75, 3.05) is 13.1 Å². The summed E-state index contributed by atoms with van der Waals surface area (Å²) < 4.78 is 1.12. The summed E-state index contributed by atoms with van der Waals surface area (Å²) in [6.45, 7) is 1.32. The number of amides is 1. The molecule has 1 fully saturated rings. The normalized spacial score (nSPS) is 20.1. The SMILES string of the molecule is O=C(CCCc1cc(Br)cs1)N1CCCC(O)C1. The lowest BCUT2D eigenvalue weighted by Crippen LogP contribution is -2.42. The number of thiophene rings is 1. The summed E-state index contributed by atoms with van der Waals surface area (Å²) in [5.41, 5.74) is 0. The maximum atomic E-state index is 11.9. The number of hydrogen-bond acceptors (Lipinski definition) is 3. The Balaban J connectivity index is 1.71. The average molecular weight is 332 g/mol. The van der Waals surface area contributed by atoms with E-state index in [0.29, 0.717) is 13.0 Å². The van der Waals surface area contributed by atoms with Crippen molar-refractivity contribution in [1.29, 1.82) is 0 Å². The van der Waals surface area contributed by atoms with Gasteiger partial charge in [0.1, 0.15) is 0 Å². The minimum absolute atomic E-state index is 0.185. The Kier molecular flexibility index (Phi) is 5.21. The Morgan fingerprint density at radius 1 is 1.61 bits per heavy atom. The number of piperidine rings is 1. The van der Waals surface area contributed by atoms with Crippen LogP contribution in [0.1, 0.15) is 30.6 Å². The van der Waals surface area contributed by atoms with E-state index < -0.39 is 0 Å². The molecule has 1 aliphatic heterocycles. The zero-order chi connectivity index (χ0) is 13.0. The van der Waals surface area contributed by atoms with E-state index in [-0.39, 0.29) is 12.0 Å². The van der Waals surface area contributed by atoms with Crippen LogP contribution in [-0.4, -0.2) is 35.1 Å². The topological polar surface area (TPSA) is 40.5 Å². The third-order valence-corrected chi connectivity index (χ3v) is 4.94. The van der Waals surface area contributed by atoms with E-state index in [0.717, 1.165) is 36.7 Å². The Morgan fingerprint density at radius 3 is 3.11 bits per heavy atom. The summed E-state index contributed by atoms with van der Waals surface area (Å²) in [5, 5.41) is 11.6. The second-order valence-corrected chi connectivity index (χ2v) is 6.63. The molecule has 1 saturated heterocycles. The molecule has 0 bridgehead atoms. The Morgan fingerprint density at radius 2 is 2.44 bits per heavy atom. The van der Waals surface area contributed by atoms with E-state index in [4.69, 9.17) is 0 Å². The van der Waals surface area contributed by atoms with Crippen LogP contribution in [0.3, 0.4) is 0 Å². The highest BCUT2D eigenvalue weighted by Crippen LogP contribution is 2.21. The molecule has 0 aliphatic carbocycles.